The summed E-state index contributed by atoms with van der Waals surface area (Å²) < 4.78 is 12.6. The number of fused-ring (bicyclic) bond motifs is 6. The predicted octanol–water partition coefficient (Wildman–Crippen LogP) is 13.4. The Hall–Kier alpha value is -6.91. The number of hydrogen-bond acceptors (Lipinski definition) is 4. The molecule has 10 rings (SSSR count). The summed E-state index contributed by atoms with van der Waals surface area (Å²) in [6, 6.07) is 63.5. The zero-order chi connectivity index (χ0) is 33.7. The first-order chi connectivity index (χ1) is 25.2. The molecule has 0 unspecified atom stereocenters. The van der Waals surface area contributed by atoms with Crippen LogP contribution in [0.2, 0.25) is 0 Å². The van der Waals surface area contributed by atoms with Crippen molar-refractivity contribution < 1.29 is 8.83 Å². The molecule has 0 N–H and O–H groups in total. The minimum absolute atomic E-state index is 0.631. The van der Waals surface area contributed by atoms with Crippen molar-refractivity contribution in [3.63, 3.8) is 0 Å². The standard InChI is InChI=1S/C47H30N2O2/c1-3-9-31(10-4-1)32-17-22-37(23-18-32)49(39-26-28-45-42(30-39)40-13-7-8-14-44(40)50-45)38-24-19-33(20-25-38)36-16-15-34-21-27-43-46(41(34)29-36)51-47(48-43)35-11-5-2-6-12-35/h1-30H. The molecular weight excluding hydrogens is 625 g/mol. The molecule has 0 fully saturated rings. The Bertz CT molecular complexity index is 2840. The molecule has 0 atom stereocenters. The fourth-order valence-corrected chi connectivity index (χ4v) is 7.13. The molecule has 0 aliphatic heterocycles. The second-order valence-corrected chi connectivity index (χ2v) is 12.8. The molecule has 0 aliphatic rings. The van der Waals surface area contributed by atoms with Crippen LogP contribution in [0.25, 0.3) is 77.5 Å². The molecule has 51 heavy (non-hydrogen) atoms. The average Bonchev–Trinajstić information content (AvgIpc) is 3.81. The molecule has 0 spiro atoms. The first kappa shape index (κ1) is 29.0. The lowest BCUT2D eigenvalue weighted by Crippen LogP contribution is -2.09. The van der Waals surface area contributed by atoms with Crippen LogP contribution in [0.1, 0.15) is 0 Å². The summed E-state index contributed by atoms with van der Waals surface area (Å²) in [7, 11) is 0. The van der Waals surface area contributed by atoms with Gasteiger partial charge in [-0.25, -0.2) is 4.98 Å². The molecule has 0 radical (unpaired) electrons. The lowest BCUT2D eigenvalue weighted by molar-refractivity contribution is 0.623. The summed E-state index contributed by atoms with van der Waals surface area (Å²) in [5.41, 5.74) is 12.2. The number of nitrogens with zero attached hydrogens (tertiary/aromatic N) is 2. The molecule has 4 heteroatoms. The summed E-state index contributed by atoms with van der Waals surface area (Å²) >= 11 is 0. The fraction of sp³-hybridized carbons (Fsp3) is 0. The van der Waals surface area contributed by atoms with Crippen LogP contribution in [-0.4, -0.2) is 4.98 Å². The number of anilines is 3. The van der Waals surface area contributed by atoms with E-state index in [1.807, 2.05) is 54.6 Å². The lowest BCUT2D eigenvalue weighted by atomic mass is 10.00. The van der Waals surface area contributed by atoms with Gasteiger partial charge < -0.3 is 13.7 Å². The van der Waals surface area contributed by atoms with E-state index in [9.17, 15) is 0 Å². The summed E-state index contributed by atoms with van der Waals surface area (Å²) in [6.45, 7) is 0. The smallest absolute Gasteiger partial charge is 0.227 e. The van der Waals surface area contributed by atoms with Crippen molar-refractivity contribution in [2.45, 2.75) is 0 Å². The van der Waals surface area contributed by atoms with E-state index in [1.165, 1.54) is 11.1 Å². The van der Waals surface area contributed by atoms with E-state index < -0.39 is 0 Å². The van der Waals surface area contributed by atoms with Gasteiger partial charge in [0, 0.05) is 38.8 Å². The molecule has 10 aromatic rings. The van der Waals surface area contributed by atoms with Crippen molar-refractivity contribution in [3.8, 4) is 33.7 Å². The van der Waals surface area contributed by atoms with Crippen molar-refractivity contribution in [1.29, 1.82) is 0 Å². The highest BCUT2D eigenvalue weighted by atomic mass is 16.3. The van der Waals surface area contributed by atoms with Crippen LogP contribution >= 0.6 is 0 Å². The second-order valence-electron chi connectivity index (χ2n) is 12.8. The topological polar surface area (TPSA) is 42.4 Å². The Labute approximate surface area is 294 Å². The highest BCUT2D eigenvalue weighted by Crippen LogP contribution is 2.40. The normalized spacial score (nSPS) is 11.5. The summed E-state index contributed by atoms with van der Waals surface area (Å²) in [5.74, 6) is 0.631. The third-order valence-electron chi connectivity index (χ3n) is 9.70. The van der Waals surface area contributed by atoms with Crippen LogP contribution in [0.3, 0.4) is 0 Å². The van der Waals surface area contributed by atoms with Gasteiger partial charge in [-0.2, -0.15) is 0 Å². The highest BCUT2D eigenvalue weighted by molar-refractivity contribution is 6.07. The Morgan fingerprint density at radius 2 is 0.941 bits per heavy atom. The molecule has 0 bridgehead atoms. The maximum atomic E-state index is 6.37. The van der Waals surface area contributed by atoms with E-state index in [1.54, 1.807) is 0 Å². The van der Waals surface area contributed by atoms with Crippen LogP contribution in [0.4, 0.5) is 17.1 Å². The molecule has 0 amide bonds. The Morgan fingerprint density at radius 1 is 0.373 bits per heavy atom. The SMILES string of the molecule is c1ccc(-c2ccc(N(c3ccc(-c4ccc5ccc6nc(-c7ccccc7)oc6c5c4)cc3)c3ccc4oc5ccccc5c4c3)cc2)cc1. The van der Waals surface area contributed by atoms with E-state index >= 15 is 0 Å². The van der Waals surface area contributed by atoms with Crippen LogP contribution in [0, 0.1) is 0 Å². The molecule has 2 heterocycles. The van der Waals surface area contributed by atoms with Crippen LogP contribution in [0.15, 0.2) is 191 Å². The summed E-state index contributed by atoms with van der Waals surface area (Å²) in [6.07, 6.45) is 0. The molecule has 0 saturated carbocycles. The van der Waals surface area contributed by atoms with Gasteiger partial charge in [0.1, 0.15) is 16.7 Å². The fourth-order valence-electron chi connectivity index (χ4n) is 7.13. The first-order valence-corrected chi connectivity index (χ1v) is 17.1. The van der Waals surface area contributed by atoms with Gasteiger partial charge in [-0.1, -0.05) is 109 Å². The first-order valence-electron chi connectivity index (χ1n) is 17.1. The van der Waals surface area contributed by atoms with Crippen molar-refractivity contribution in [3.05, 3.63) is 182 Å². The van der Waals surface area contributed by atoms with Gasteiger partial charge >= 0.3 is 0 Å². The lowest BCUT2D eigenvalue weighted by Gasteiger charge is -2.26. The molecule has 240 valence electrons. The Balaban J connectivity index is 1.06. The monoisotopic (exact) mass is 654 g/mol. The second kappa shape index (κ2) is 11.9. The van der Waals surface area contributed by atoms with Gasteiger partial charge in [0.2, 0.25) is 5.89 Å². The van der Waals surface area contributed by atoms with Crippen LogP contribution < -0.4 is 4.90 Å². The van der Waals surface area contributed by atoms with Gasteiger partial charge in [0.15, 0.2) is 5.58 Å². The number of para-hydroxylation sites is 1. The molecular formula is C47H30N2O2. The van der Waals surface area contributed by atoms with Gasteiger partial charge in [0.25, 0.3) is 0 Å². The molecule has 0 saturated heterocycles. The number of rotatable bonds is 6. The zero-order valence-electron chi connectivity index (χ0n) is 27.5. The highest BCUT2D eigenvalue weighted by Gasteiger charge is 2.17. The molecule has 4 nitrogen and oxygen atoms in total. The third-order valence-corrected chi connectivity index (χ3v) is 9.70. The molecule has 0 aliphatic carbocycles. The maximum Gasteiger partial charge on any atom is 0.227 e. The van der Waals surface area contributed by atoms with E-state index in [0.29, 0.717) is 5.89 Å². The van der Waals surface area contributed by atoms with Crippen molar-refractivity contribution in [2.24, 2.45) is 0 Å². The largest absolute Gasteiger partial charge is 0.456 e. The minimum atomic E-state index is 0.631. The Kier molecular flexibility index (Phi) is 6.78. The van der Waals surface area contributed by atoms with Gasteiger partial charge in [-0.05, 0) is 100 Å². The minimum Gasteiger partial charge on any atom is -0.456 e. The van der Waals surface area contributed by atoms with Gasteiger partial charge in [-0.3, -0.25) is 0 Å². The number of furan rings is 1. The van der Waals surface area contributed by atoms with E-state index in [-0.39, 0.29) is 0 Å². The van der Waals surface area contributed by atoms with E-state index in [0.717, 1.165) is 77.6 Å². The van der Waals surface area contributed by atoms with E-state index in [2.05, 4.69) is 132 Å². The average molecular weight is 655 g/mol. The number of aromatic nitrogens is 1. The van der Waals surface area contributed by atoms with Crippen LogP contribution in [-0.2, 0) is 0 Å². The van der Waals surface area contributed by atoms with Crippen molar-refractivity contribution in [1.82, 2.24) is 4.98 Å². The predicted molar refractivity (Wildman–Crippen MR) is 210 cm³/mol. The molecule has 2 aromatic heterocycles. The maximum absolute atomic E-state index is 6.37. The summed E-state index contributed by atoms with van der Waals surface area (Å²) in [4.78, 5) is 7.11. The number of benzene rings is 8. The number of oxazole rings is 1. The van der Waals surface area contributed by atoms with E-state index in [4.69, 9.17) is 13.8 Å². The molecule has 8 aromatic carbocycles. The van der Waals surface area contributed by atoms with Crippen LogP contribution in [0.5, 0.6) is 0 Å². The zero-order valence-corrected chi connectivity index (χ0v) is 27.5. The van der Waals surface area contributed by atoms with Crippen molar-refractivity contribution in [2.75, 3.05) is 4.90 Å². The van der Waals surface area contributed by atoms with Crippen molar-refractivity contribution >= 4 is 60.9 Å². The van der Waals surface area contributed by atoms with Gasteiger partial charge in [-0.15, -0.1) is 0 Å². The Morgan fingerprint density at radius 3 is 1.69 bits per heavy atom. The quantitative estimate of drug-likeness (QED) is 0.179. The summed E-state index contributed by atoms with van der Waals surface area (Å²) in [5, 5.41) is 4.36. The third kappa shape index (κ3) is 5.13. The van der Waals surface area contributed by atoms with Gasteiger partial charge in [0.05, 0.1) is 0 Å². The number of hydrogen-bond donors (Lipinski definition) is 0.